The van der Waals surface area contributed by atoms with Crippen LogP contribution in [0.25, 0.3) is 11.1 Å². The van der Waals surface area contributed by atoms with Gasteiger partial charge in [-0.05, 0) is 112 Å². The molecule has 0 amide bonds. The molecule has 3 saturated carbocycles. The molecular weight excluding hydrogens is 1210 g/mol. The summed E-state index contributed by atoms with van der Waals surface area (Å²) in [7, 11) is 3.00. The number of rotatable bonds is 27. The summed E-state index contributed by atoms with van der Waals surface area (Å²) in [6.07, 6.45) is 5.40. The molecule has 82 heavy (non-hydrogen) atoms. The number of hydrogen-bond donors (Lipinski definition) is 7. The smallest absolute Gasteiger partial charge is 0.321 e. The van der Waals surface area contributed by atoms with Gasteiger partial charge in [-0.25, -0.2) is 0 Å². The number of carbonyl (C=O) groups is 6. The Morgan fingerprint density at radius 3 is 1.26 bits per heavy atom. The zero-order valence-electron chi connectivity index (χ0n) is 47.6. The quantitative estimate of drug-likeness (QED) is 0.0189. The molecule has 28 heteroatoms. The number of carbonyl (C=O) groups excluding carboxylic acids is 2. The van der Waals surface area contributed by atoms with Crippen molar-refractivity contribution in [3.8, 4) is 11.1 Å². The van der Waals surface area contributed by atoms with Crippen LogP contribution >= 0.6 is 64.8 Å². The zero-order valence-corrected chi connectivity index (χ0v) is 54.1. The van der Waals surface area contributed by atoms with Crippen LogP contribution in [0.3, 0.4) is 0 Å². The molecule has 6 unspecified atom stereocenters. The number of fused-ring (bicyclic) bond motifs is 2. The highest BCUT2D eigenvalue weighted by Gasteiger charge is 2.41. The van der Waals surface area contributed by atoms with Crippen LogP contribution in [0.15, 0.2) is 58.3 Å². The lowest BCUT2D eigenvalue weighted by Crippen LogP contribution is -2.51. The van der Waals surface area contributed by atoms with Crippen molar-refractivity contribution in [2.24, 2.45) is 35.3 Å². The number of ketones is 2. The molecule has 3 fully saturated rings. The zero-order chi connectivity index (χ0) is 61.0. The Morgan fingerprint density at radius 2 is 0.939 bits per heavy atom. The van der Waals surface area contributed by atoms with Gasteiger partial charge in [0.1, 0.15) is 43.1 Å². The molecule has 12 atom stereocenters. The van der Waals surface area contributed by atoms with Crippen LogP contribution in [0.4, 0.5) is 0 Å². The van der Waals surface area contributed by atoms with Crippen molar-refractivity contribution in [1.82, 2.24) is 10.6 Å². The summed E-state index contributed by atoms with van der Waals surface area (Å²) < 4.78 is 59.6. The highest BCUT2D eigenvalue weighted by Crippen LogP contribution is 2.35. The fourth-order valence-electron chi connectivity index (χ4n) is 7.34. The van der Waals surface area contributed by atoms with E-state index in [0.29, 0.717) is 60.4 Å². The second-order valence-electron chi connectivity index (χ2n) is 20.1. The van der Waals surface area contributed by atoms with Gasteiger partial charge in [-0.15, -0.1) is 0 Å². The van der Waals surface area contributed by atoms with Gasteiger partial charge in [0.15, 0.2) is 0 Å². The lowest BCUT2D eigenvalue weighted by molar-refractivity contribution is -0.141. The average molecular weight is 1300 g/mol. The highest BCUT2D eigenvalue weighted by molar-refractivity contribution is 8.77. The number of hydrogen-bond acceptors (Lipinski definition) is 21. The molecule has 0 aromatic heterocycles. The first-order chi connectivity index (χ1) is 38.1. The van der Waals surface area contributed by atoms with Crippen molar-refractivity contribution >= 4 is 128 Å². The number of Topliss-reactive ketones (excluding diaryl/α,β-unsaturated/α-hetero) is 2. The van der Waals surface area contributed by atoms with Crippen LogP contribution < -0.4 is 16.4 Å². The van der Waals surface area contributed by atoms with E-state index in [9.17, 15) is 50.7 Å². The molecule has 465 valence electrons. The standard InChI is InChI=1S/C16H14O6S2.C15H27NO2S2.C13H23NO4S2.C7H13NO4S2.C2H6B.CH4/c17-23(18)13-5-1-11(2-6-13)12-3-7-14(8-4-12)24(19,20)22-16-10-9-15(16)21-23;1-5-13(11(3)17)8-19-20-9-15(12(4)18)16-14-7-6-10(14)2;1-3-9(12(15)16)6-19-20-7-11(13(17)18)14-10-5-4-8(10)2;1-4(6(9)10)2-13-14-3-5(8)7(11)12;1-3-2;/h1-8,15-16H,9-10H2;10,13-16H,5-9H2,1-4H3;8-11,14H,3-7H2,1-2H3,(H,15,16)(H,17,18);4-5H,2-3,8H2,1H3,(H,9,10)(H,11,12);1-2H3;1H4/t;10?,13-,14?,15+;8?,9-,10?,11+;4-,5+;;/m.000../s1. The fourth-order valence-corrected chi connectivity index (χ4v) is 17.4. The summed E-state index contributed by atoms with van der Waals surface area (Å²) in [5.74, 6) is 0.957. The Morgan fingerprint density at radius 1 is 0.561 bits per heavy atom. The van der Waals surface area contributed by atoms with Crippen LogP contribution in [-0.4, -0.2) is 157 Å². The van der Waals surface area contributed by atoms with Crippen molar-refractivity contribution in [3.05, 3.63) is 48.5 Å². The van der Waals surface area contributed by atoms with E-state index < -0.39 is 74.3 Å². The molecule has 0 saturated heterocycles. The number of nitrogens with one attached hydrogen (secondary N) is 2. The second kappa shape index (κ2) is 40.1. The third-order valence-corrected chi connectivity index (χ3v) is 23.9. The van der Waals surface area contributed by atoms with Gasteiger partial charge in [-0.1, -0.05) is 145 Å². The molecule has 19 nitrogen and oxygen atoms in total. The minimum Gasteiger partial charge on any atom is -0.481 e. The van der Waals surface area contributed by atoms with Crippen LogP contribution in [0, 0.1) is 29.6 Å². The predicted octanol–water partition coefficient (Wildman–Crippen LogP) is 9.88. The van der Waals surface area contributed by atoms with Gasteiger partial charge >= 0.3 is 23.9 Å². The topological polar surface area (TPSA) is 320 Å². The van der Waals surface area contributed by atoms with Gasteiger partial charge in [0.2, 0.25) is 0 Å². The van der Waals surface area contributed by atoms with Crippen LogP contribution in [0.2, 0.25) is 13.6 Å². The molecule has 4 bridgehead atoms. The summed E-state index contributed by atoms with van der Waals surface area (Å²) in [5, 5.41) is 41.7. The molecule has 2 aromatic rings. The van der Waals surface area contributed by atoms with Gasteiger partial charge in [0, 0.05) is 52.5 Å². The Kier molecular flexibility index (Phi) is 37.9. The lowest BCUT2D eigenvalue weighted by atomic mass is 9.81. The molecule has 2 aromatic carbocycles. The third kappa shape index (κ3) is 27.9. The van der Waals surface area contributed by atoms with Gasteiger partial charge in [0.25, 0.3) is 20.2 Å². The van der Waals surface area contributed by atoms with E-state index in [4.69, 9.17) is 29.4 Å². The second-order valence-corrected chi connectivity index (χ2v) is 30.9. The lowest BCUT2D eigenvalue weighted by Gasteiger charge is -2.37. The van der Waals surface area contributed by atoms with Gasteiger partial charge < -0.3 is 36.8 Å². The van der Waals surface area contributed by atoms with Gasteiger partial charge in [0.05, 0.1) is 27.7 Å². The molecule has 8 N–H and O–H groups in total. The largest absolute Gasteiger partial charge is 0.481 e. The van der Waals surface area contributed by atoms with E-state index in [1.165, 1.54) is 80.3 Å². The number of carboxylic acids is 4. The molecule has 1 radical (unpaired) electrons. The summed E-state index contributed by atoms with van der Waals surface area (Å²) in [6.45, 7) is 17.2. The summed E-state index contributed by atoms with van der Waals surface area (Å²) >= 11 is 0. The van der Waals surface area contributed by atoms with E-state index in [1.807, 2.05) is 27.8 Å². The molecule has 3 aliphatic carbocycles. The molecule has 3 heterocycles. The Hall–Kier alpha value is -2.48. The normalized spacial score (nSPS) is 22.7. The minimum absolute atomic E-state index is 0. The van der Waals surface area contributed by atoms with Crippen molar-refractivity contribution in [2.75, 3.05) is 34.5 Å². The maximum Gasteiger partial charge on any atom is 0.321 e. The molecule has 6 aliphatic rings. The Bertz CT molecular complexity index is 2330. The predicted molar refractivity (Wildman–Crippen MR) is 339 cm³/mol. The summed E-state index contributed by atoms with van der Waals surface area (Å²) in [4.78, 5) is 65.8. The van der Waals surface area contributed by atoms with Crippen molar-refractivity contribution in [3.63, 3.8) is 0 Å². The van der Waals surface area contributed by atoms with Crippen LogP contribution in [-0.2, 0) is 57.4 Å². The van der Waals surface area contributed by atoms with E-state index >= 15 is 0 Å². The molecule has 3 aliphatic heterocycles. The first-order valence-electron chi connectivity index (χ1n) is 26.9. The molecular formula is C54H87BN3O16S8. The van der Waals surface area contributed by atoms with Crippen LogP contribution in [0.5, 0.6) is 0 Å². The molecule has 8 rings (SSSR count). The maximum absolute atomic E-state index is 12.3. The van der Waals surface area contributed by atoms with Crippen LogP contribution in [0.1, 0.15) is 107 Å². The number of benzene rings is 2. The number of nitrogens with two attached hydrogens (primary N) is 1. The van der Waals surface area contributed by atoms with Gasteiger partial charge in [-0.3, -0.25) is 37.1 Å². The highest BCUT2D eigenvalue weighted by atomic mass is 33.1. The monoisotopic (exact) mass is 1300 g/mol. The summed E-state index contributed by atoms with van der Waals surface area (Å²) in [5.41, 5.74) is 6.79. The third-order valence-electron chi connectivity index (χ3n) is 13.6. The van der Waals surface area contributed by atoms with Crippen molar-refractivity contribution in [1.29, 1.82) is 0 Å². The van der Waals surface area contributed by atoms with Gasteiger partial charge in [-0.2, -0.15) is 16.8 Å². The Labute approximate surface area is 511 Å². The Balaban J connectivity index is 0.000000544. The van der Waals surface area contributed by atoms with E-state index in [-0.39, 0.29) is 52.4 Å². The maximum atomic E-state index is 12.3. The average Bonchev–Trinajstić information content (AvgIpc) is 3.43. The minimum atomic E-state index is -3.96. The van der Waals surface area contributed by atoms with E-state index in [0.717, 1.165) is 41.9 Å². The number of aliphatic carboxylic acids is 4. The number of carboxylic acid groups (broad SMARTS) is 4. The van der Waals surface area contributed by atoms with E-state index in [1.54, 1.807) is 66.6 Å². The summed E-state index contributed by atoms with van der Waals surface area (Å²) in [6, 6.07) is 11.9. The first kappa shape index (κ1) is 77.5. The fraction of sp³-hybridized carbons (Fsp3) is 0.667. The first-order valence-corrected chi connectivity index (χ1v) is 37.1. The van der Waals surface area contributed by atoms with E-state index in [2.05, 4.69) is 31.4 Å². The SMILES string of the molecule is C.CC[C@@H](CSSC[C@@H](NC1CCC1C)C(=O)O)C(=O)O.CC[C@@H](CSSC[C@@H](NC1CCC1C)C(C)=O)C(C)=O.C[B]C.C[C@@H](CSSC[C@@H](N)C(=O)O)C(=O)O.O=S1(=O)OC2CCC2OS(=O)(=O)c2ccc(cc2)-c2ccc1cc2. The molecule has 0 spiro atoms. The van der Waals surface area contributed by atoms with Crippen molar-refractivity contribution < 1.29 is 74.4 Å². The van der Waals surface area contributed by atoms with Crippen molar-refractivity contribution in [2.45, 2.75) is 173 Å².